The van der Waals surface area contributed by atoms with Gasteiger partial charge >= 0.3 is 0 Å². The molecule has 1 saturated heterocycles. The fourth-order valence-corrected chi connectivity index (χ4v) is 4.51. The average molecular weight is 414 g/mol. The summed E-state index contributed by atoms with van der Waals surface area (Å²) in [6, 6.07) is 22.5. The highest BCUT2D eigenvalue weighted by atomic mass is 16.2. The number of nitrogens with zero attached hydrogens (tertiary/aromatic N) is 4. The van der Waals surface area contributed by atoms with Crippen molar-refractivity contribution in [1.29, 1.82) is 0 Å². The fourth-order valence-electron chi connectivity index (χ4n) is 4.51. The van der Waals surface area contributed by atoms with E-state index in [2.05, 4.69) is 61.4 Å². The van der Waals surface area contributed by atoms with E-state index < -0.39 is 0 Å². The average Bonchev–Trinajstić information content (AvgIpc) is 2.85. The van der Waals surface area contributed by atoms with E-state index in [0.717, 1.165) is 56.1 Å². The molecule has 0 bridgehead atoms. The van der Waals surface area contributed by atoms with Crippen molar-refractivity contribution in [3.63, 3.8) is 0 Å². The van der Waals surface area contributed by atoms with E-state index in [1.54, 1.807) is 12.4 Å². The molecule has 0 saturated carbocycles. The molecule has 1 atom stereocenters. The molecule has 158 valence electrons. The van der Waals surface area contributed by atoms with E-state index in [0.29, 0.717) is 0 Å². The second-order valence-corrected chi connectivity index (χ2v) is 8.03. The minimum Gasteiger partial charge on any atom is -0.369 e. The van der Waals surface area contributed by atoms with Gasteiger partial charge in [-0.15, -0.1) is 0 Å². The van der Waals surface area contributed by atoms with Crippen LogP contribution in [-0.4, -0.2) is 55.1 Å². The van der Waals surface area contributed by atoms with Crippen LogP contribution in [0.4, 0.5) is 11.4 Å². The molecule has 6 heteroatoms. The van der Waals surface area contributed by atoms with Crippen LogP contribution in [0.1, 0.15) is 22.1 Å². The van der Waals surface area contributed by atoms with E-state index in [9.17, 15) is 4.79 Å². The van der Waals surface area contributed by atoms with Crippen LogP contribution in [-0.2, 0) is 0 Å². The van der Waals surface area contributed by atoms with Crippen molar-refractivity contribution >= 4 is 17.3 Å². The third-order valence-electron chi connectivity index (χ3n) is 6.21. The molecule has 0 spiro atoms. The Balaban J connectivity index is 1.30. The summed E-state index contributed by atoms with van der Waals surface area (Å²) in [5.41, 5.74) is 4.08. The maximum Gasteiger partial charge on any atom is 0.255 e. The molecule has 6 nitrogen and oxygen atoms in total. The Bertz CT molecular complexity index is 1020. The van der Waals surface area contributed by atoms with E-state index in [4.69, 9.17) is 0 Å². The highest BCUT2D eigenvalue weighted by Crippen LogP contribution is 2.32. The predicted octanol–water partition coefficient (Wildman–Crippen LogP) is 3.15. The van der Waals surface area contributed by atoms with Crippen molar-refractivity contribution in [3.8, 4) is 0 Å². The fraction of sp³-hybridized carbons (Fsp3) is 0.280. The summed E-state index contributed by atoms with van der Waals surface area (Å²) in [5.74, 6) is -0.0230. The van der Waals surface area contributed by atoms with Gasteiger partial charge in [0, 0.05) is 57.3 Å². The van der Waals surface area contributed by atoms with Gasteiger partial charge in [-0.1, -0.05) is 30.3 Å². The minimum atomic E-state index is -0.184. The number of fused-ring (bicyclic) bond motifs is 1. The molecule has 1 N–H and O–H groups in total. The summed E-state index contributed by atoms with van der Waals surface area (Å²) in [6.07, 6.45) is 3.38. The van der Waals surface area contributed by atoms with Crippen molar-refractivity contribution in [2.45, 2.75) is 6.17 Å². The van der Waals surface area contributed by atoms with Crippen molar-refractivity contribution < 1.29 is 4.79 Å². The minimum absolute atomic E-state index is 0.0230. The van der Waals surface area contributed by atoms with Crippen LogP contribution in [0.2, 0.25) is 0 Å². The number of hydrogen-bond acceptors (Lipinski definition) is 5. The first-order chi connectivity index (χ1) is 15.3. The molecule has 1 fully saturated rings. The van der Waals surface area contributed by atoms with Crippen molar-refractivity contribution in [2.24, 2.45) is 0 Å². The van der Waals surface area contributed by atoms with Gasteiger partial charge in [0.25, 0.3) is 5.91 Å². The van der Waals surface area contributed by atoms with Crippen LogP contribution in [0.15, 0.2) is 79.1 Å². The smallest absolute Gasteiger partial charge is 0.255 e. The number of carbonyl (C=O) groups excluding carboxylic acids is 1. The Hall–Kier alpha value is -3.38. The monoisotopic (exact) mass is 413 g/mol. The molecule has 1 aromatic heterocycles. The molecular weight excluding hydrogens is 386 g/mol. The van der Waals surface area contributed by atoms with Gasteiger partial charge in [0.15, 0.2) is 0 Å². The Morgan fingerprint density at radius 1 is 0.839 bits per heavy atom. The van der Waals surface area contributed by atoms with Gasteiger partial charge in [-0.3, -0.25) is 14.7 Å². The summed E-state index contributed by atoms with van der Waals surface area (Å²) in [7, 11) is 0. The van der Waals surface area contributed by atoms with Gasteiger partial charge in [-0.25, -0.2) is 0 Å². The number of nitrogens with one attached hydrogen (secondary N) is 1. The van der Waals surface area contributed by atoms with Gasteiger partial charge in [-0.05, 0) is 42.0 Å². The van der Waals surface area contributed by atoms with Crippen molar-refractivity contribution in [3.05, 3.63) is 90.3 Å². The quantitative estimate of drug-likeness (QED) is 0.696. The Kier molecular flexibility index (Phi) is 5.54. The van der Waals surface area contributed by atoms with Gasteiger partial charge in [0.2, 0.25) is 0 Å². The maximum absolute atomic E-state index is 12.7. The lowest BCUT2D eigenvalue weighted by atomic mass is 10.0. The Labute approximate surface area is 183 Å². The molecule has 2 aliphatic heterocycles. The third-order valence-corrected chi connectivity index (χ3v) is 6.21. The van der Waals surface area contributed by atoms with E-state index in [1.165, 1.54) is 5.69 Å². The second kappa shape index (κ2) is 8.78. The molecule has 5 rings (SSSR count). The summed E-state index contributed by atoms with van der Waals surface area (Å²) < 4.78 is 0. The lowest BCUT2D eigenvalue weighted by Gasteiger charge is -2.41. The van der Waals surface area contributed by atoms with Gasteiger partial charge < -0.3 is 15.1 Å². The molecule has 1 amide bonds. The first-order valence-corrected chi connectivity index (χ1v) is 10.9. The number of hydrogen-bond donors (Lipinski definition) is 1. The molecular formula is C25H27N5O. The van der Waals surface area contributed by atoms with E-state index in [1.807, 2.05) is 30.3 Å². The second-order valence-electron chi connectivity index (χ2n) is 8.03. The highest BCUT2D eigenvalue weighted by Gasteiger charge is 2.31. The van der Waals surface area contributed by atoms with Gasteiger partial charge in [0.1, 0.15) is 6.17 Å². The van der Waals surface area contributed by atoms with Gasteiger partial charge in [0.05, 0.1) is 11.3 Å². The summed E-state index contributed by atoms with van der Waals surface area (Å²) in [5, 5.41) is 3.19. The number of pyridine rings is 1. The first kappa shape index (κ1) is 19.6. The van der Waals surface area contributed by atoms with Crippen molar-refractivity contribution in [2.75, 3.05) is 49.1 Å². The lowest BCUT2D eigenvalue weighted by molar-refractivity contribution is 0.0925. The van der Waals surface area contributed by atoms with E-state index >= 15 is 0 Å². The molecule has 2 aliphatic rings. The molecule has 31 heavy (non-hydrogen) atoms. The van der Waals surface area contributed by atoms with Gasteiger partial charge in [-0.2, -0.15) is 0 Å². The predicted molar refractivity (Wildman–Crippen MR) is 123 cm³/mol. The topological polar surface area (TPSA) is 51.7 Å². The summed E-state index contributed by atoms with van der Waals surface area (Å²) in [4.78, 5) is 24.1. The summed E-state index contributed by atoms with van der Waals surface area (Å²) >= 11 is 0. The number of piperazine rings is 1. The standard InChI is InChI=1S/C25H27N5O/c31-25-22-8-4-5-9-23(22)30(24(27-25)20-10-12-26-13-11-20)19-16-28-14-17-29(18-15-28)21-6-2-1-3-7-21/h1-13,24H,14-19H2,(H,27,31). The molecule has 0 radical (unpaired) electrons. The SMILES string of the molecule is O=C1NC(c2ccncc2)N(CCN2CCN(c3ccccc3)CC2)c2ccccc21. The normalized spacial score (nSPS) is 19.1. The largest absolute Gasteiger partial charge is 0.369 e. The Morgan fingerprint density at radius 2 is 1.55 bits per heavy atom. The molecule has 1 unspecified atom stereocenters. The number of carbonyl (C=O) groups is 1. The van der Waals surface area contributed by atoms with Crippen LogP contribution in [0.5, 0.6) is 0 Å². The van der Waals surface area contributed by atoms with Crippen LogP contribution in [0, 0.1) is 0 Å². The van der Waals surface area contributed by atoms with Crippen LogP contribution in [0.25, 0.3) is 0 Å². The zero-order valence-corrected chi connectivity index (χ0v) is 17.5. The first-order valence-electron chi connectivity index (χ1n) is 10.9. The maximum atomic E-state index is 12.7. The Morgan fingerprint density at radius 3 is 2.32 bits per heavy atom. The highest BCUT2D eigenvalue weighted by molar-refractivity contribution is 6.02. The lowest BCUT2D eigenvalue weighted by Crippen LogP contribution is -2.52. The molecule has 3 aromatic rings. The zero-order chi connectivity index (χ0) is 21.0. The number of rotatable bonds is 5. The number of amides is 1. The van der Waals surface area contributed by atoms with Crippen LogP contribution >= 0.6 is 0 Å². The van der Waals surface area contributed by atoms with Crippen molar-refractivity contribution in [1.82, 2.24) is 15.2 Å². The van der Waals surface area contributed by atoms with Crippen LogP contribution in [0.3, 0.4) is 0 Å². The van der Waals surface area contributed by atoms with E-state index in [-0.39, 0.29) is 12.1 Å². The molecule has 3 heterocycles. The number of benzene rings is 2. The zero-order valence-electron chi connectivity index (χ0n) is 17.5. The van der Waals surface area contributed by atoms with Crippen LogP contribution < -0.4 is 15.1 Å². The number of anilines is 2. The number of aromatic nitrogens is 1. The molecule has 0 aliphatic carbocycles. The molecule has 2 aromatic carbocycles. The summed E-state index contributed by atoms with van der Waals surface area (Å²) in [6.45, 7) is 5.94. The number of para-hydroxylation sites is 2. The third kappa shape index (κ3) is 4.11.